The van der Waals surface area contributed by atoms with E-state index in [4.69, 9.17) is 10.5 Å². The van der Waals surface area contributed by atoms with Gasteiger partial charge in [-0.1, -0.05) is 30.3 Å². The molecule has 1 rings (SSSR count). The van der Waals surface area contributed by atoms with Crippen LogP contribution in [0.15, 0.2) is 30.3 Å². The molecule has 18 heavy (non-hydrogen) atoms. The van der Waals surface area contributed by atoms with E-state index in [1.807, 2.05) is 30.3 Å². The summed E-state index contributed by atoms with van der Waals surface area (Å²) in [7, 11) is 1.47. The van der Waals surface area contributed by atoms with Crippen LogP contribution in [-0.4, -0.2) is 36.5 Å². The second-order valence-electron chi connectivity index (χ2n) is 4.01. The summed E-state index contributed by atoms with van der Waals surface area (Å²) in [4.78, 5) is 24.4. The van der Waals surface area contributed by atoms with Crippen molar-refractivity contribution >= 4 is 11.8 Å². The summed E-state index contributed by atoms with van der Waals surface area (Å²) >= 11 is 0. The highest BCUT2D eigenvalue weighted by molar-refractivity contribution is 5.85. The molecule has 0 aliphatic rings. The highest BCUT2D eigenvalue weighted by atomic mass is 16.5. The van der Waals surface area contributed by atoms with Crippen molar-refractivity contribution in [1.82, 2.24) is 4.90 Å². The Hall–Kier alpha value is -1.88. The quantitative estimate of drug-likeness (QED) is 0.800. The molecule has 2 N–H and O–H groups in total. The maximum atomic E-state index is 11.6. The topological polar surface area (TPSA) is 72.6 Å². The van der Waals surface area contributed by atoms with Gasteiger partial charge in [-0.05, 0) is 5.56 Å². The Kier molecular flexibility index (Phi) is 5.32. The first-order valence-electron chi connectivity index (χ1n) is 5.65. The van der Waals surface area contributed by atoms with Crippen molar-refractivity contribution in [3.63, 3.8) is 0 Å². The number of carbonyl (C=O) groups is 2. The van der Waals surface area contributed by atoms with Crippen molar-refractivity contribution in [1.29, 1.82) is 0 Å². The normalized spacial score (nSPS) is 11.9. The first-order valence-corrected chi connectivity index (χ1v) is 5.65. The predicted molar refractivity (Wildman–Crippen MR) is 67.5 cm³/mol. The lowest BCUT2D eigenvalue weighted by atomic mass is 10.1. The maximum absolute atomic E-state index is 11.6. The van der Waals surface area contributed by atoms with Gasteiger partial charge in [0.2, 0.25) is 11.8 Å². The Morgan fingerprint density at radius 2 is 1.94 bits per heavy atom. The van der Waals surface area contributed by atoms with Crippen molar-refractivity contribution < 1.29 is 14.3 Å². The van der Waals surface area contributed by atoms with Crippen LogP contribution in [0, 0.1) is 0 Å². The lowest BCUT2D eigenvalue weighted by molar-refractivity contribution is -0.140. The standard InChI is InChI=1S/C13H18N2O3/c1-10(16)15(12(9-18-2)13(14)17)8-11-6-4-3-5-7-11/h3-7,12H,8-9H2,1-2H3,(H2,14,17)/t12-/m1/s1. The average Bonchev–Trinajstić information content (AvgIpc) is 2.34. The van der Waals surface area contributed by atoms with Crippen molar-refractivity contribution in [3.05, 3.63) is 35.9 Å². The molecule has 5 nitrogen and oxygen atoms in total. The zero-order valence-corrected chi connectivity index (χ0v) is 10.6. The van der Waals surface area contributed by atoms with Crippen LogP contribution in [0.2, 0.25) is 0 Å². The molecule has 0 aliphatic carbocycles. The highest BCUT2D eigenvalue weighted by Crippen LogP contribution is 2.09. The molecular formula is C13H18N2O3. The molecular weight excluding hydrogens is 232 g/mol. The lowest BCUT2D eigenvalue weighted by Crippen LogP contribution is -2.49. The van der Waals surface area contributed by atoms with E-state index in [0.29, 0.717) is 6.54 Å². The SMILES string of the molecule is COC[C@H](C(N)=O)N(Cc1ccccc1)C(C)=O. The third-order valence-corrected chi connectivity index (χ3v) is 2.63. The number of carbonyl (C=O) groups excluding carboxylic acids is 2. The summed E-state index contributed by atoms with van der Waals surface area (Å²) in [6, 6.07) is 8.68. The minimum atomic E-state index is -0.743. The Morgan fingerprint density at radius 1 is 1.33 bits per heavy atom. The molecule has 2 amide bonds. The van der Waals surface area contributed by atoms with Gasteiger partial charge < -0.3 is 15.4 Å². The summed E-state index contributed by atoms with van der Waals surface area (Å²) < 4.78 is 4.94. The zero-order chi connectivity index (χ0) is 13.5. The maximum Gasteiger partial charge on any atom is 0.242 e. The molecule has 98 valence electrons. The van der Waals surface area contributed by atoms with Crippen LogP contribution < -0.4 is 5.73 Å². The summed E-state index contributed by atoms with van der Waals surface area (Å²) in [6.45, 7) is 1.85. The first kappa shape index (κ1) is 14.2. The van der Waals surface area contributed by atoms with Gasteiger partial charge in [0.1, 0.15) is 6.04 Å². The second-order valence-corrected chi connectivity index (χ2v) is 4.01. The van der Waals surface area contributed by atoms with Gasteiger partial charge in [0.25, 0.3) is 0 Å². The fraction of sp³-hybridized carbons (Fsp3) is 0.385. The van der Waals surface area contributed by atoms with Gasteiger partial charge in [-0.3, -0.25) is 9.59 Å². The monoisotopic (exact) mass is 250 g/mol. The summed E-state index contributed by atoms with van der Waals surface area (Å²) in [6.07, 6.45) is 0. The van der Waals surface area contributed by atoms with E-state index in [2.05, 4.69) is 0 Å². The minimum absolute atomic E-state index is 0.0990. The molecule has 0 unspecified atom stereocenters. The number of nitrogens with two attached hydrogens (primary N) is 1. The van der Waals surface area contributed by atoms with Crippen molar-refractivity contribution in [2.24, 2.45) is 5.73 Å². The fourth-order valence-corrected chi connectivity index (χ4v) is 1.70. The third-order valence-electron chi connectivity index (χ3n) is 2.63. The highest BCUT2D eigenvalue weighted by Gasteiger charge is 2.25. The van der Waals surface area contributed by atoms with Crippen LogP contribution in [0.25, 0.3) is 0 Å². The Labute approximate surface area is 107 Å². The number of benzene rings is 1. The molecule has 1 aromatic carbocycles. The molecule has 1 aromatic rings. The molecule has 0 spiro atoms. The molecule has 1 atom stereocenters. The molecule has 0 bridgehead atoms. The molecule has 0 fully saturated rings. The number of hydrogen-bond donors (Lipinski definition) is 1. The Morgan fingerprint density at radius 3 is 2.39 bits per heavy atom. The number of hydrogen-bond acceptors (Lipinski definition) is 3. The van der Waals surface area contributed by atoms with Crippen LogP contribution in [0.1, 0.15) is 12.5 Å². The van der Waals surface area contributed by atoms with Gasteiger partial charge in [0, 0.05) is 20.6 Å². The second kappa shape index (κ2) is 6.76. The van der Waals surface area contributed by atoms with E-state index >= 15 is 0 Å². The van der Waals surface area contributed by atoms with E-state index in [0.717, 1.165) is 5.56 Å². The minimum Gasteiger partial charge on any atom is -0.382 e. The number of ether oxygens (including phenoxy) is 1. The van der Waals surface area contributed by atoms with Gasteiger partial charge in [-0.2, -0.15) is 0 Å². The molecule has 0 heterocycles. The van der Waals surface area contributed by atoms with Crippen molar-refractivity contribution in [2.75, 3.05) is 13.7 Å². The third kappa shape index (κ3) is 3.85. The number of primary amides is 1. The van der Waals surface area contributed by atoms with Gasteiger partial charge in [0.05, 0.1) is 6.61 Å². The number of methoxy groups -OCH3 is 1. The molecule has 0 aromatic heterocycles. The van der Waals surface area contributed by atoms with Crippen LogP contribution in [-0.2, 0) is 20.9 Å². The number of nitrogens with zero attached hydrogens (tertiary/aromatic N) is 1. The lowest BCUT2D eigenvalue weighted by Gasteiger charge is -2.28. The van der Waals surface area contributed by atoms with E-state index in [1.165, 1.54) is 18.9 Å². The molecule has 0 saturated carbocycles. The molecule has 0 radical (unpaired) electrons. The first-order chi connectivity index (χ1) is 8.56. The molecule has 0 saturated heterocycles. The Balaban J connectivity index is 2.87. The van der Waals surface area contributed by atoms with E-state index in [9.17, 15) is 9.59 Å². The Bertz CT molecular complexity index is 406. The van der Waals surface area contributed by atoms with Gasteiger partial charge in [0.15, 0.2) is 0 Å². The van der Waals surface area contributed by atoms with Gasteiger partial charge in [-0.25, -0.2) is 0 Å². The largest absolute Gasteiger partial charge is 0.382 e. The molecule has 5 heteroatoms. The van der Waals surface area contributed by atoms with E-state index < -0.39 is 11.9 Å². The van der Waals surface area contributed by atoms with E-state index in [1.54, 1.807) is 0 Å². The summed E-state index contributed by atoms with van der Waals surface area (Å²) in [5.41, 5.74) is 6.24. The smallest absolute Gasteiger partial charge is 0.242 e. The molecule has 0 aliphatic heterocycles. The average molecular weight is 250 g/mol. The van der Waals surface area contributed by atoms with Gasteiger partial charge in [-0.15, -0.1) is 0 Å². The van der Waals surface area contributed by atoms with Crippen molar-refractivity contribution in [3.8, 4) is 0 Å². The number of rotatable bonds is 6. The van der Waals surface area contributed by atoms with Crippen LogP contribution in [0.3, 0.4) is 0 Å². The predicted octanol–water partition coefficient (Wildman–Crippen LogP) is 0.535. The summed E-state index contributed by atoms with van der Waals surface area (Å²) in [5.74, 6) is -0.775. The fourth-order valence-electron chi connectivity index (χ4n) is 1.70. The summed E-state index contributed by atoms with van der Waals surface area (Å²) in [5, 5.41) is 0. The van der Waals surface area contributed by atoms with Crippen LogP contribution in [0.5, 0.6) is 0 Å². The van der Waals surface area contributed by atoms with Crippen LogP contribution >= 0.6 is 0 Å². The number of amides is 2. The van der Waals surface area contributed by atoms with Gasteiger partial charge >= 0.3 is 0 Å². The van der Waals surface area contributed by atoms with Crippen LogP contribution in [0.4, 0.5) is 0 Å². The zero-order valence-electron chi connectivity index (χ0n) is 10.6. The van der Waals surface area contributed by atoms with Crippen molar-refractivity contribution in [2.45, 2.75) is 19.5 Å². The van der Waals surface area contributed by atoms with E-state index in [-0.39, 0.29) is 12.5 Å².